The second kappa shape index (κ2) is 5.22. The van der Waals surface area contributed by atoms with E-state index in [4.69, 9.17) is 10.9 Å². The Balaban J connectivity index is 2.21. The maximum absolute atomic E-state index is 11.6. The van der Waals surface area contributed by atoms with Gasteiger partial charge in [0, 0.05) is 17.0 Å². The Kier molecular flexibility index (Phi) is 3.98. The molecular formula is C12H19N3O2S2. The summed E-state index contributed by atoms with van der Waals surface area (Å²) in [5.41, 5.74) is 6.53. The molecule has 0 amide bonds. The number of thioether (sulfide) groups is 1. The van der Waals surface area contributed by atoms with Gasteiger partial charge in [0.2, 0.25) is 10.0 Å². The van der Waals surface area contributed by atoms with Crippen LogP contribution < -0.4 is 16.2 Å². The number of hydrogen-bond acceptors (Lipinski definition) is 5. The van der Waals surface area contributed by atoms with Crippen LogP contribution in [0, 0.1) is 0 Å². The standard InChI is InChI=1S/C12H19N3O2S2/c1-18-12(5-2-6-12)8-15-10-4-3-9(13)7-11(10)19(14,16)17/h3-4,7,15H,2,5-6,8,13H2,1H3,(H2,14,16,17). The molecule has 19 heavy (non-hydrogen) atoms. The maximum Gasteiger partial charge on any atom is 0.240 e. The molecule has 0 aliphatic heterocycles. The third-order valence-corrected chi connectivity index (χ3v) is 5.98. The number of rotatable bonds is 5. The summed E-state index contributed by atoms with van der Waals surface area (Å²) >= 11 is 1.83. The topological polar surface area (TPSA) is 98.2 Å². The molecule has 1 aliphatic rings. The van der Waals surface area contributed by atoms with E-state index >= 15 is 0 Å². The molecular weight excluding hydrogens is 282 g/mol. The molecule has 1 aromatic rings. The van der Waals surface area contributed by atoms with Gasteiger partial charge in [0.05, 0.1) is 5.69 Å². The van der Waals surface area contributed by atoms with Crippen molar-refractivity contribution in [2.45, 2.75) is 28.9 Å². The van der Waals surface area contributed by atoms with Gasteiger partial charge in [-0.3, -0.25) is 0 Å². The van der Waals surface area contributed by atoms with E-state index in [1.54, 1.807) is 12.1 Å². The van der Waals surface area contributed by atoms with Crippen LogP contribution in [0.2, 0.25) is 0 Å². The van der Waals surface area contributed by atoms with Crippen molar-refractivity contribution in [2.75, 3.05) is 23.9 Å². The fourth-order valence-corrected chi connectivity index (χ4v) is 3.86. The zero-order chi connectivity index (χ0) is 14.1. The van der Waals surface area contributed by atoms with Crippen molar-refractivity contribution in [3.05, 3.63) is 18.2 Å². The molecule has 1 fully saturated rings. The fraction of sp³-hybridized carbons (Fsp3) is 0.500. The first kappa shape index (κ1) is 14.5. The summed E-state index contributed by atoms with van der Waals surface area (Å²) in [4.78, 5) is 0.0584. The Bertz CT molecular complexity index is 563. The average molecular weight is 301 g/mol. The predicted molar refractivity (Wildman–Crippen MR) is 80.8 cm³/mol. The smallest absolute Gasteiger partial charge is 0.240 e. The van der Waals surface area contributed by atoms with Gasteiger partial charge in [-0.15, -0.1) is 0 Å². The summed E-state index contributed by atoms with van der Waals surface area (Å²) in [5.74, 6) is 0. The van der Waals surface area contributed by atoms with Gasteiger partial charge in [0.1, 0.15) is 4.90 Å². The van der Waals surface area contributed by atoms with Crippen molar-refractivity contribution >= 4 is 33.2 Å². The van der Waals surface area contributed by atoms with E-state index in [0.717, 1.165) is 19.4 Å². The van der Waals surface area contributed by atoms with Gasteiger partial charge in [-0.2, -0.15) is 11.8 Å². The summed E-state index contributed by atoms with van der Waals surface area (Å²) < 4.78 is 23.3. The minimum atomic E-state index is -3.77. The van der Waals surface area contributed by atoms with Crippen LogP contribution in [0.15, 0.2) is 23.1 Å². The van der Waals surface area contributed by atoms with Gasteiger partial charge in [-0.05, 0) is 37.3 Å². The van der Waals surface area contributed by atoms with E-state index in [9.17, 15) is 8.42 Å². The quantitative estimate of drug-likeness (QED) is 0.718. The highest BCUT2D eigenvalue weighted by Crippen LogP contribution is 2.43. The number of nitrogens with two attached hydrogens (primary N) is 2. The predicted octanol–water partition coefficient (Wildman–Crippen LogP) is 1.61. The van der Waals surface area contributed by atoms with Crippen LogP contribution in [0.5, 0.6) is 0 Å². The second-order valence-electron chi connectivity index (χ2n) is 4.89. The monoisotopic (exact) mass is 301 g/mol. The van der Waals surface area contributed by atoms with Gasteiger partial charge < -0.3 is 11.1 Å². The number of nitrogen functional groups attached to an aromatic ring is 1. The second-order valence-corrected chi connectivity index (χ2v) is 7.70. The molecule has 0 radical (unpaired) electrons. The Morgan fingerprint density at radius 2 is 2.11 bits per heavy atom. The Hall–Kier alpha value is -0.920. The van der Waals surface area contributed by atoms with Crippen LogP contribution in [0.25, 0.3) is 0 Å². The maximum atomic E-state index is 11.6. The van der Waals surface area contributed by atoms with E-state index in [1.165, 1.54) is 12.5 Å². The molecule has 2 rings (SSSR count). The largest absolute Gasteiger partial charge is 0.399 e. The summed E-state index contributed by atoms with van der Waals surface area (Å²) in [6.07, 6.45) is 5.62. The third-order valence-electron chi connectivity index (χ3n) is 3.61. The zero-order valence-electron chi connectivity index (χ0n) is 10.8. The minimum Gasteiger partial charge on any atom is -0.399 e. The molecule has 0 heterocycles. The van der Waals surface area contributed by atoms with Crippen molar-refractivity contribution in [1.29, 1.82) is 0 Å². The van der Waals surface area contributed by atoms with Crippen molar-refractivity contribution < 1.29 is 8.42 Å². The normalized spacial score (nSPS) is 17.8. The molecule has 1 aromatic carbocycles. The Morgan fingerprint density at radius 3 is 2.58 bits per heavy atom. The lowest BCUT2D eigenvalue weighted by Gasteiger charge is -2.40. The van der Waals surface area contributed by atoms with Crippen LogP contribution in [0.4, 0.5) is 11.4 Å². The van der Waals surface area contributed by atoms with Gasteiger partial charge in [0.15, 0.2) is 0 Å². The first-order valence-corrected chi connectivity index (χ1v) is 8.85. The van der Waals surface area contributed by atoms with E-state index in [0.29, 0.717) is 11.4 Å². The molecule has 5 nitrogen and oxygen atoms in total. The summed E-state index contributed by atoms with van der Waals surface area (Å²) in [5, 5.41) is 8.42. The number of hydrogen-bond donors (Lipinski definition) is 3. The molecule has 0 spiro atoms. The average Bonchev–Trinajstić information content (AvgIpc) is 2.28. The molecule has 5 N–H and O–H groups in total. The van der Waals surface area contributed by atoms with E-state index < -0.39 is 10.0 Å². The summed E-state index contributed by atoms with van der Waals surface area (Å²) in [7, 11) is -3.77. The molecule has 1 saturated carbocycles. The molecule has 0 unspecified atom stereocenters. The van der Waals surface area contributed by atoms with Crippen LogP contribution in [-0.2, 0) is 10.0 Å². The van der Waals surface area contributed by atoms with E-state index in [-0.39, 0.29) is 9.64 Å². The van der Waals surface area contributed by atoms with Crippen molar-refractivity contribution in [1.82, 2.24) is 0 Å². The minimum absolute atomic E-state index is 0.0584. The van der Waals surface area contributed by atoms with Crippen LogP contribution >= 0.6 is 11.8 Å². The van der Waals surface area contributed by atoms with Crippen molar-refractivity contribution in [3.63, 3.8) is 0 Å². The molecule has 7 heteroatoms. The first-order valence-electron chi connectivity index (χ1n) is 6.08. The first-order chi connectivity index (χ1) is 8.86. The number of nitrogens with one attached hydrogen (secondary N) is 1. The van der Waals surface area contributed by atoms with Gasteiger partial charge in [0.25, 0.3) is 0 Å². The van der Waals surface area contributed by atoms with Crippen LogP contribution in [-0.4, -0.2) is 26.0 Å². The van der Waals surface area contributed by atoms with Crippen LogP contribution in [0.1, 0.15) is 19.3 Å². The highest BCUT2D eigenvalue weighted by Gasteiger charge is 2.36. The molecule has 0 bridgehead atoms. The SMILES string of the molecule is CSC1(CNc2ccc(N)cc2S(N)(=O)=O)CCC1. The van der Waals surface area contributed by atoms with Gasteiger partial charge in [-0.25, -0.2) is 13.6 Å². The Morgan fingerprint density at radius 1 is 1.42 bits per heavy atom. The lowest BCUT2D eigenvalue weighted by Crippen LogP contribution is -2.40. The fourth-order valence-electron chi connectivity index (χ4n) is 2.20. The lowest BCUT2D eigenvalue weighted by molar-refractivity contribution is 0.379. The van der Waals surface area contributed by atoms with Crippen molar-refractivity contribution in [2.24, 2.45) is 5.14 Å². The number of primary sulfonamides is 1. The highest BCUT2D eigenvalue weighted by atomic mass is 32.2. The molecule has 1 aliphatic carbocycles. The van der Waals surface area contributed by atoms with E-state index in [1.807, 2.05) is 11.8 Å². The molecule has 0 aromatic heterocycles. The zero-order valence-corrected chi connectivity index (χ0v) is 12.5. The number of sulfonamides is 1. The Labute approximate surface area is 118 Å². The highest BCUT2D eigenvalue weighted by molar-refractivity contribution is 8.00. The van der Waals surface area contributed by atoms with Gasteiger partial charge in [-0.1, -0.05) is 6.42 Å². The lowest BCUT2D eigenvalue weighted by atomic mass is 9.84. The van der Waals surface area contributed by atoms with Gasteiger partial charge >= 0.3 is 0 Å². The number of benzene rings is 1. The third kappa shape index (κ3) is 3.16. The summed E-state index contributed by atoms with van der Waals surface area (Å²) in [6.45, 7) is 0.737. The molecule has 0 saturated heterocycles. The molecule has 0 atom stereocenters. The summed E-state index contributed by atoms with van der Waals surface area (Å²) in [6, 6.07) is 4.73. The van der Waals surface area contributed by atoms with E-state index in [2.05, 4.69) is 11.6 Å². The number of anilines is 2. The molecule has 106 valence electrons. The van der Waals surface area contributed by atoms with Crippen LogP contribution in [0.3, 0.4) is 0 Å². The van der Waals surface area contributed by atoms with Crippen molar-refractivity contribution in [3.8, 4) is 0 Å².